The highest BCUT2D eigenvalue weighted by Gasteiger charge is 2.27. The number of Topliss-reactive ketones (excluding diaryl/α,β-unsaturated/α-hetero) is 5. The molecule has 0 spiro atoms. The fourth-order valence-electron chi connectivity index (χ4n) is 5.61. The molecule has 0 radical (unpaired) electrons. The van der Waals surface area contributed by atoms with Crippen LogP contribution in [0.25, 0.3) is 0 Å². The average molecular weight is 773 g/mol. The van der Waals surface area contributed by atoms with E-state index in [1.165, 1.54) is 77.1 Å². The van der Waals surface area contributed by atoms with E-state index in [0.29, 0.717) is 5.56 Å². The number of aryl methyl sites for hydroxylation is 1. The third-order valence-electron chi connectivity index (χ3n) is 8.46. The van der Waals surface area contributed by atoms with Gasteiger partial charge in [-0.1, -0.05) is 19.9 Å². The minimum atomic E-state index is -5.30. The lowest BCUT2D eigenvalue weighted by atomic mass is 9.89. The first-order valence-corrected chi connectivity index (χ1v) is 19.4. The van der Waals surface area contributed by atoms with E-state index in [0.717, 1.165) is 0 Å². The molecule has 0 fully saturated rings. The van der Waals surface area contributed by atoms with E-state index in [4.69, 9.17) is 9.05 Å². The number of phenolic OH excluding ortho intramolecular Hbond substituents is 1. The van der Waals surface area contributed by atoms with Gasteiger partial charge in [0.2, 0.25) is 0 Å². The van der Waals surface area contributed by atoms with Crippen LogP contribution in [0.5, 0.6) is 17.2 Å². The summed E-state index contributed by atoms with van der Waals surface area (Å²) in [4.78, 5) is 102. The van der Waals surface area contributed by atoms with Crippen molar-refractivity contribution in [3.05, 3.63) is 98.1 Å². The van der Waals surface area contributed by atoms with Crippen LogP contribution >= 0.6 is 15.6 Å². The van der Waals surface area contributed by atoms with Crippen molar-refractivity contribution in [3.8, 4) is 17.2 Å². The Kier molecular flexibility index (Phi) is 13.8. The van der Waals surface area contributed by atoms with Crippen LogP contribution in [0, 0.1) is 5.92 Å². The number of benzene rings is 3. The standard InChI is InChI=1S/C37H42O14P2/c1-8-25-10-27(22(5)40)14-33(36(25)50-52(44,45)46)17-30-11-28(23(6)41)12-31(35(30)43)18-34-16-29(24(7)42)15-32(37(34)51-53(47,48)49)13-26(21(4)39)9-19(2)20(3)38/h9-12,14-16,19,43H,8,13,17-18H2,1-7H3,(H2,44,45,46)(H2,47,48,49). The molecule has 14 nitrogen and oxygen atoms in total. The zero-order valence-electron chi connectivity index (χ0n) is 30.3. The van der Waals surface area contributed by atoms with Crippen LogP contribution < -0.4 is 9.05 Å². The van der Waals surface area contributed by atoms with Crippen molar-refractivity contribution in [2.45, 2.75) is 74.1 Å². The van der Waals surface area contributed by atoms with Crippen molar-refractivity contribution in [2.75, 3.05) is 0 Å². The van der Waals surface area contributed by atoms with Gasteiger partial charge in [-0.15, -0.1) is 0 Å². The maximum absolute atomic E-state index is 12.7. The summed E-state index contributed by atoms with van der Waals surface area (Å²) in [5.74, 6) is -3.70. The summed E-state index contributed by atoms with van der Waals surface area (Å²) in [7, 11) is -10.4. The van der Waals surface area contributed by atoms with E-state index in [2.05, 4.69) is 0 Å². The molecular formula is C37H42O14P2. The summed E-state index contributed by atoms with van der Waals surface area (Å²) >= 11 is 0. The summed E-state index contributed by atoms with van der Waals surface area (Å²) in [6.07, 6.45) is 0.645. The van der Waals surface area contributed by atoms with Crippen molar-refractivity contribution >= 4 is 44.6 Å². The summed E-state index contributed by atoms with van der Waals surface area (Å²) in [6, 6.07) is 8.06. The molecule has 0 aliphatic rings. The average Bonchev–Trinajstić information content (AvgIpc) is 3.02. The van der Waals surface area contributed by atoms with Gasteiger partial charge in [0.15, 0.2) is 23.1 Å². The number of phosphoric ester groups is 2. The zero-order valence-corrected chi connectivity index (χ0v) is 32.0. The monoisotopic (exact) mass is 772 g/mol. The van der Waals surface area contributed by atoms with E-state index in [9.17, 15) is 57.8 Å². The smallest absolute Gasteiger partial charge is 0.507 e. The first-order chi connectivity index (χ1) is 24.4. The molecule has 3 rings (SSSR count). The van der Waals surface area contributed by atoms with Gasteiger partial charge in [0, 0.05) is 58.6 Å². The predicted molar refractivity (Wildman–Crippen MR) is 194 cm³/mol. The number of carbonyl (C=O) groups excluding carboxylic acids is 5. The fourth-order valence-corrected chi connectivity index (χ4v) is 6.56. The van der Waals surface area contributed by atoms with Gasteiger partial charge >= 0.3 is 15.6 Å². The van der Waals surface area contributed by atoms with E-state index in [1.54, 1.807) is 13.8 Å². The molecule has 0 aliphatic heterocycles. The number of aromatic hydroxyl groups is 1. The molecule has 53 heavy (non-hydrogen) atoms. The molecule has 284 valence electrons. The Balaban J connectivity index is 2.35. The SMILES string of the molecule is CCc1cc(C(C)=O)cc(Cc2cc(C(C)=O)cc(Cc3cc(C(C)=O)cc(CC(=CC(C)C(C)=O)C(C)=O)c3OP(=O)(O)O)c2O)c1OP(=O)(O)O. The maximum atomic E-state index is 12.7. The van der Waals surface area contributed by atoms with Gasteiger partial charge in [-0.05, 0) is 99.7 Å². The van der Waals surface area contributed by atoms with Crippen LogP contribution in [-0.2, 0) is 44.4 Å². The summed E-state index contributed by atoms with van der Waals surface area (Å²) in [5.41, 5.74) is 0.922. The molecule has 1 unspecified atom stereocenters. The lowest BCUT2D eigenvalue weighted by Crippen LogP contribution is -2.11. The third-order valence-corrected chi connectivity index (χ3v) is 9.30. The van der Waals surface area contributed by atoms with Gasteiger partial charge in [-0.2, -0.15) is 0 Å². The minimum absolute atomic E-state index is 0.0159. The highest BCUT2D eigenvalue weighted by molar-refractivity contribution is 7.47. The second kappa shape index (κ2) is 17.1. The lowest BCUT2D eigenvalue weighted by Gasteiger charge is -2.20. The van der Waals surface area contributed by atoms with E-state index >= 15 is 0 Å². The van der Waals surface area contributed by atoms with Gasteiger partial charge in [-0.25, -0.2) is 9.13 Å². The molecule has 1 atom stereocenters. The number of phenols is 1. The zero-order chi connectivity index (χ0) is 40.2. The van der Waals surface area contributed by atoms with Crippen LogP contribution in [0.15, 0.2) is 48.0 Å². The van der Waals surface area contributed by atoms with Crippen molar-refractivity contribution in [2.24, 2.45) is 5.92 Å². The van der Waals surface area contributed by atoms with Gasteiger partial charge in [0.1, 0.15) is 23.0 Å². The number of rotatable bonds is 17. The quantitative estimate of drug-likeness (QED) is 0.0604. The highest BCUT2D eigenvalue weighted by atomic mass is 31.2. The third kappa shape index (κ3) is 11.7. The highest BCUT2D eigenvalue weighted by Crippen LogP contribution is 2.45. The number of phosphoric acid groups is 2. The Hall–Kier alpha value is -4.55. The normalized spacial score (nSPS) is 12.6. The van der Waals surface area contributed by atoms with Crippen molar-refractivity contribution in [1.82, 2.24) is 0 Å². The van der Waals surface area contributed by atoms with Gasteiger partial charge in [-0.3, -0.25) is 43.5 Å². The molecule has 3 aromatic carbocycles. The minimum Gasteiger partial charge on any atom is -0.507 e. The van der Waals surface area contributed by atoms with Crippen LogP contribution in [0.3, 0.4) is 0 Å². The molecule has 5 N–H and O–H groups in total. The van der Waals surface area contributed by atoms with Gasteiger partial charge in [0.25, 0.3) is 0 Å². The molecule has 0 aliphatic carbocycles. The Bertz CT molecular complexity index is 2120. The number of carbonyl (C=O) groups is 5. The van der Waals surface area contributed by atoms with E-state index < -0.39 is 50.4 Å². The van der Waals surface area contributed by atoms with E-state index in [1.807, 2.05) is 0 Å². The molecule has 0 bridgehead atoms. The van der Waals surface area contributed by atoms with Crippen LogP contribution in [-0.4, -0.2) is 53.6 Å². The molecule has 3 aromatic rings. The van der Waals surface area contributed by atoms with Crippen molar-refractivity contribution in [1.29, 1.82) is 0 Å². The second-order valence-electron chi connectivity index (χ2n) is 12.8. The summed E-state index contributed by atoms with van der Waals surface area (Å²) < 4.78 is 34.4. The first kappa shape index (κ1) is 42.9. The van der Waals surface area contributed by atoms with Gasteiger partial charge < -0.3 is 14.2 Å². The lowest BCUT2D eigenvalue weighted by molar-refractivity contribution is -0.119. The van der Waals surface area contributed by atoms with Crippen molar-refractivity contribution < 1.29 is 66.8 Å². The molecule has 0 aromatic heterocycles. The number of allylic oxidation sites excluding steroid dienone is 2. The predicted octanol–water partition coefficient (Wildman–Crippen LogP) is 5.97. The molecule has 0 saturated carbocycles. The molecule has 0 heterocycles. The maximum Gasteiger partial charge on any atom is 0.524 e. The summed E-state index contributed by atoms with van der Waals surface area (Å²) in [5, 5.41) is 11.7. The Morgan fingerprint density at radius 3 is 1.34 bits per heavy atom. The van der Waals surface area contributed by atoms with Crippen LogP contribution in [0.4, 0.5) is 0 Å². The number of hydrogen-bond acceptors (Lipinski definition) is 10. The molecule has 0 saturated heterocycles. The van der Waals surface area contributed by atoms with Crippen LogP contribution in [0.2, 0.25) is 0 Å². The Morgan fingerprint density at radius 1 is 0.642 bits per heavy atom. The second-order valence-corrected chi connectivity index (χ2v) is 15.1. The molecule has 0 amide bonds. The Morgan fingerprint density at radius 2 is 1.00 bits per heavy atom. The Labute approximate surface area is 306 Å². The topological polar surface area (TPSA) is 239 Å². The molecular weight excluding hydrogens is 730 g/mol. The number of hydrogen-bond donors (Lipinski definition) is 5. The van der Waals surface area contributed by atoms with Gasteiger partial charge in [0.05, 0.1) is 0 Å². The summed E-state index contributed by atoms with van der Waals surface area (Å²) in [6.45, 7) is 9.63. The fraction of sp³-hybridized carbons (Fsp3) is 0.324. The van der Waals surface area contributed by atoms with Crippen LogP contribution in [0.1, 0.15) is 113 Å². The largest absolute Gasteiger partial charge is 0.524 e. The van der Waals surface area contributed by atoms with E-state index in [-0.39, 0.29) is 93.1 Å². The molecule has 16 heteroatoms. The number of ketones is 5. The van der Waals surface area contributed by atoms with Crippen molar-refractivity contribution in [3.63, 3.8) is 0 Å². The first-order valence-electron chi connectivity index (χ1n) is 16.3.